The Morgan fingerprint density at radius 1 is 1.30 bits per heavy atom. The number of carboxylic acids is 1. The van der Waals surface area contributed by atoms with Gasteiger partial charge in [-0.05, 0) is 18.2 Å². The highest BCUT2D eigenvalue weighted by Gasteiger charge is 2.14. The Hall–Kier alpha value is -1.93. The van der Waals surface area contributed by atoms with Crippen LogP contribution in [0, 0.1) is 0 Å². The number of carbonyl (C=O) groups excluding carboxylic acids is 2. The predicted octanol–water partition coefficient (Wildman–Crippen LogP) is 1.28. The predicted molar refractivity (Wildman–Crippen MR) is 72.6 cm³/mol. The highest BCUT2D eigenvalue weighted by Crippen LogP contribution is 2.22. The van der Waals surface area contributed by atoms with Gasteiger partial charge in [0.25, 0.3) is 0 Å². The third kappa shape index (κ3) is 4.98. The van der Waals surface area contributed by atoms with Crippen molar-refractivity contribution in [2.24, 2.45) is 0 Å². The smallest absolute Gasteiger partial charge is 0.339 e. The fraction of sp³-hybridized carbons (Fsp3) is 0.250. The highest BCUT2D eigenvalue weighted by atomic mass is 79.9. The average molecular weight is 346 g/mol. The monoisotopic (exact) mass is 345 g/mol. The molecule has 1 aromatic carbocycles. The number of aliphatic carboxylic acids is 1. The molecular weight excluding hydrogens is 334 g/mol. The minimum Gasteiger partial charge on any atom is -0.480 e. The molecule has 0 aliphatic rings. The molecule has 8 heteroatoms. The van der Waals surface area contributed by atoms with Gasteiger partial charge in [-0.1, -0.05) is 15.9 Å². The Balaban J connectivity index is 2.75. The maximum atomic E-state index is 11.6. The Labute approximate surface area is 123 Å². The SMILES string of the molecule is COC(=O)c1ccc(Br)cc1NC(=O)COCC(=O)O. The van der Waals surface area contributed by atoms with Gasteiger partial charge in [0.1, 0.15) is 13.2 Å². The Morgan fingerprint density at radius 2 is 2.00 bits per heavy atom. The van der Waals surface area contributed by atoms with E-state index in [9.17, 15) is 14.4 Å². The molecule has 0 heterocycles. The van der Waals surface area contributed by atoms with Gasteiger partial charge < -0.3 is 19.9 Å². The van der Waals surface area contributed by atoms with Crippen molar-refractivity contribution in [3.8, 4) is 0 Å². The topological polar surface area (TPSA) is 102 Å². The van der Waals surface area contributed by atoms with Crippen molar-refractivity contribution in [3.63, 3.8) is 0 Å². The number of carbonyl (C=O) groups is 3. The molecule has 0 fully saturated rings. The molecule has 0 saturated heterocycles. The first kappa shape index (κ1) is 16.1. The molecule has 0 aromatic heterocycles. The lowest BCUT2D eigenvalue weighted by atomic mass is 10.2. The van der Waals surface area contributed by atoms with Gasteiger partial charge in [-0.25, -0.2) is 9.59 Å². The number of anilines is 1. The first-order valence-corrected chi connectivity index (χ1v) is 6.20. The van der Waals surface area contributed by atoms with Gasteiger partial charge in [0.2, 0.25) is 5.91 Å². The molecule has 7 nitrogen and oxygen atoms in total. The molecule has 0 saturated carbocycles. The summed E-state index contributed by atoms with van der Waals surface area (Å²) < 4.78 is 9.90. The summed E-state index contributed by atoms with van der Waals surface area (Å²) in [6.45, 7) is -1.00. The van der Waals surface area contributed by atoms with Crippen LogP contribution in [0.5, 0.6) is 0 Å². The van der Waals surface area contributed by atoms with Gasteiger partial charge >= 0.3 is 11.9 Å². The van der Waals surface area contributed by atoms with Gasteiger partial charge in [-0.3, -0.25) is 4.79 Å². The number of benzene rings is 1. The van der Waals surface area contributed by atoms with Crippen molar-refractivity contribution in [1.82, 2.24) is 0 Å². The average Bonchev–Trinajstić information content (AvgIpc) is 2.37. The normalized spacial score (nSPS) is 9.90. The van der Waals surface area contributed by atoms with Crippen molar-refractivity contribution in [3.05, 3.63) is 28.2 Å². The van der Waals surface area contributed by atoms with Crippen LogP contribution in [-0.2, 0) is 19.1 Å². The molecule has 0 aliphatic carbocycles. The summed E-state index contributed by atoms with van der Waals surface area (Å²) in [7, 11) is 1.23. The van der Waals surface area contributed by atoms with Gasteiger partial charge in [0, 0.05) is 4.47 Å². The fourth-order valence-corrected chi connectivity index (χ4v) is 1.69. The Bertz CT molecular complexity index is 531. The number of rotatable bonds is 6. The van der Waals surface area contributed by atoms with Crippen LogP contribution >= 0.6 is 15.9 Å². The molecule has 108 valence electrons. The largest absolute Gasteiger partial charge is 0.480 e. The van der Waals surface area contributed by atoms with Crippen molar-refractivity contribution in [1.29, 1.82) is 0 Å². The van der Waals surface area contributed by atoms with Crippen LogP contribution in [0.4, 0.5) is 5.69 Å². The van der Waals surface area contributed by atoms with E-state index in [-0.39, 0.29) is 11.3 Å². The van der Waals surface area contributed by atoms with E-state index in [2.05, 4.69) is 30.7 Å². The van der Waals surface area contributed by atoms with E-state index in [0.29, 0.717) is 4.47 Å². The lowest BCUT2D eigenvalue weighted by Crippen LogP contribution is -2.22. The van der Waals surface area contributed by atoms with E-state index < -0.39 is 31.1 Å². The van der Waals surface area contributed by atoms with Crippen LogP contribution in [0.3, 0.4) is 0 Å². The van der Waals surface area contributed by atoms with Crippen LogP contribution < -0.4 is 5.32 Å². The zero-order valence-corrected chi connectivity index (χ0v) is 12.1. The lowest BCUT2D eigenvalue weighted by molar-refractivity contribution is -0.143. The van der Waals surface area contributed by atoms with Crippen LogP contribution in [0.1, 0.15) is 10.4 Å². The Kier molecular flexibility index (Phi) is 6.13. The van der Waals surface area contributed by atoms with Crippen molar-refractivity contribution in [2.75, 3.05) is 25.6 Å². The number of hydrogen-bond acceptors (Lipinski definition) is 5. The second-order valence-electron chi connectivity index (χ2n) is 3.62. The summed E-state index contributed by atoms with van der Waals surface area (Å²) in [6, 6.07) is 4.65. The van der Waals surface area contributed by atoms with Crippen molar-refractivity contribution >= 4 is 39.5 Å². The quantitative estimate of drug-likeness (QED) is 0.753. The lowest BCUT2D eigenvalue weighted by Gasteiger charge is -2.10. The van der Waals surface area contributed by atoms with E-state index in [1.807, 2.05) is 0 Å². The minimum atomic E-state index is -1.17. The van der Waals surface area contributed by atoms with E-state index in [1.165, 1.54) is 19.2 Å². The summed E-state index contributed by atoms with van der Waals surface area (Å²) in [5, 5.41) is 10.8. The molecule has 0 radical (unpaired) electrons. The highest BCUT2D eigenvalue weighted by molar-refractivity contribution is 9.10. The summed E-state index contributed by atoms with van der Waals surface area (Å²) in [5.74, 6) is -2.34. The third-order valence-corrected chi connectivity index (χ3v) is 2.61. The molecule has 0 atom stereocenters. The molecule has 1 amide bonds. The second-order valence-corrected chi connectivity index (χ2v) is 4.53. The van der Waals surface area contributed by atoms with Crippen molar-refractivity contribution < 1.29 is 29.0 Å². The molecule has 1 rings (SSSR count). The van der Waals surface area contributed by atoms with Crippen LogP contribution in [0.25, 0.3) is 0 Å². The number of amides is 1. The molecule has 0 aliphatic heterocycles. The van der Waals surface area contributed by atoms with E-state index >= 15 is 0 Å². The molecule has 2 N–H and O–H groups in total. The van der Waals surface area contributed by atoms with Gasteiger partial charge in [-0.2, -0.15) is 0 Å². The minimum absolute atomic E-state index is 0.183. The summed E-state index contributed by atoms with van der Waals surface area (Å²) >= 11 is 3.22. The number of ether oxygens (including phenoxy) is 2. The fourth-order valence-electron chi connectivity index (χ4n) is 1.33. The van der Waals surface area contributed by atoms with E-state index in [0.717, 1.165) is 0 Å². The van der Waals surface area contributed by atoms with E-state index in [4.69, 9.17) is 5.11 Å². The number of nitrogens with one attached hydrogen (secondary N) is 1. The molecular formula is C12H12BrNO6. The number of esters is 1. The summed E-state index contributed by atoms with van der Waals surface area (Å²) in [4.78, 5) is 33.3. The molecule has 0 unspecified atom stereocenters. The molecule has 1 aromatic rings. The van der Waals surface area contributed by atoms with E-state index in [1.54, 1.807) is 6.07 Å². The Morgan fingerprint density at radius 3 is 2.60 bits per heavy atom. The van der Waals surface area contributed by atoms with Gasteiger partial charge in [0.05, 0.1) is 18.4 Å². The molecule has 0 spiro atoms. The molecule has 20 heavy (non-hydrogen) atoms. The maximum absolute atomic E-state index is 11.6. The number of halogens is 1. The van der Waals surface area contributed by atoms with Gasteiger partial charge in [-0.15, -0.1) is 0 Å². The standard InChI is InChI=1S/C12H12BrNO6/c1-19-12(18)8-3-2-7(13)4-9(8)14-10(15)5-20-6-11(16)17/h2-4H,5-6H2,1H3,(H,14,15)(H,16,17). The third-order valence-electron chi connectivity index (χ3n) is 2.12. The number of carboxylic acid groups (broad SMARTS) is 1. The van der Waals surface area contributed by atoms with Crippen LogP contribution in [-0.4, -0.2) is 43.3 Å². The van der Waals surface area contributed by atoms with Crippen LogP contribution in [0.15, 0.2) is 22.7 Å². The number of hydrogen-bond donors (Lipinski definition) is 2. The summed E-state index contributed by atoms with van der Waals surface area (Å²) in [6.07, 6.45) is 0. The first-order valence-electron chi connectivity index (χ1n) is 5.41. The zero-order chi connectivity index (χ0) is 15.1. The first-order chi connectivity index (χ1) is 9.43. The van der Waals surface area contributed by atoms with Crippen LogP contribution in [0.2, 0.25) is 0 Å². The van der Waals surface area contributed by atoms with Gasteiger partial charge in [0.15, 0.2) is 0 Å². The number of methoxy groups -OCH3 is 1. The maximum Gasteiger partial charge on any atom is 0.339 e. The molecule has 0 bridgehead atoms. The van der Waals surface area contributed by atoms with Crippen molar-refractivity contribution in [2.45, 2.75) is 0 Å². The summed E-state index contributed by atoms with van der Waals surface area (Å²) in [5.41, 5.74) is 0.428. The zero-order valence-electron chi connectivity index (χ0n) is 10.5. The second kappa shape index (κ2) is 7.61.